The fourth-order valence-electron chi connectivity index (χ4n) is 2.13. The van der Waals surface area contributed by atoms with Crippen LogP contribution in [0.5, 0.6) is 0 Å². The van der Waals surface area contributed by atoms with Gasteiger partial charge in [-0.2, -0.15) is 0 Å². The first kappa shape index (κ1) is 13.8. The molecule has 2 rings (SSSR count). The van der Waals surface area contributed by atoms with Crippen molar-refractivity contribution in [3.05, 3.63) is 24.0 Å². The van der Waals surface area contributed by atoms with E-state index in [1.165, 1.54) is 12.0 Å². The Morgan fingerprint density at radius 3 is 2.79 bits per heavy atom. The molecule has 2 heterocycles. The van der Waals surface area contributed by atoms with Crippen LogP contribution in [0.1, 0.15) is 13.3 Å². The van der Waals surface area contributed by atoms with Crippen LogP contribution < -0.4 is 10.2 Å². The molecule has 0 aliphatic carbocycles. The van der Waals surface area contributed by atoms with Crippen LogP contribution in [0.2, 0.25) is 0 Å². The fourth-order valence-corrected chi connectivity index (χ4v) is 2.13. The normalized spacial score (nSPS) is 16.1. The average molecular weight is 261 g/mol. The number of hydrogen-bond acceptors (Lipinski definition) is 5. The fraction of sp³-hybridized carbons (Fsp3) is 0.571. The molecule has 1 N–H and O–H groups in total. The Hall–Kier alpha value is -1.62. The molecule has 0 unspecified atom stereocenters. The van der Waals surface area contributed by atoms with Gasteiger partial charge >= 0.3 is 0 Å². The van der Waals surface area contributed by atoms with E-state index in [1.54, 1.807) is 12.4 Å². The first-order valence-corrected chi connectivity index (χ1v) is 6.77. The molecule has 1 aliphatic rings. The van der Waals surface area contributed by atoms with Crippen LogP contribution in [-0.4, -0.2) is 55.1 Å². The lowest BCUT2D eigenvalue weighted by Gasteiger charge is -2.25. The molecule has 0 bridgehead atoms. The second-order valence-corrected chi connectivity index (χ2v) is 5.15. The Balaban J connectivity index is 1.83. The summed E-state index contributed by atoms with van der Waals surface area (Å²) < 4.78 is 0. The Bertz CT molecular complexity index is 441. The van der Waals surface area contributed by atoms with Crippen molar-refractivity contribution in [1.29, 1.82) is 0 Å². The van der Waals surface area contributed by atoms with Crippen molar-refractivity contribution in [2.45, 2.75) is 13.3 Å². The van der Waals surface area contributed by atoms with Crippen molar-refractivity contribution in [3.8, 4) is 0 Å². The molecule has 0 radical (unpaired) electrons. The summed E-state index contributed by atoms with van der Waals surface area (Å²) in [7, 11) is 3.96. The number of nitrogens with one attached hydrogen (secondary N) is 1. The molecule has 5 nitrogen and oxygen atoms in total. The van der Waals surface area contributed by atoms with Gasteiger partial charge in [0, 0.05) is 52.7 Å². The first-order valence-electron chi connectivity index (χ1n) is 6.77. The highest BCUT2D eigenvalue weighted by atomic mass is 15.2. The van der Waals surface area contributed by atoms with Gasteiger partial charge in [0.2, 0.25) is 0 Å². The molecule has 1 aliphatic heterocycles. The highest BCUT2D eigenvalue weighted by molar-refractivity contribution is 5.59. The minimum absolute atomic E-state index is 0.858. The Morgan fingerprint density at radius 1 is 1.32 bits per heavy atom. The molecule has 0 spiro atoms. The molecule has 104 valence electrons. The minimum Gasteiger partial charge on any atom is -0.366 e. The quantitative estimate of drug-likeness (QED) is 0.816. The highest BCUT2D eigenvalue weighted by Crippen LogP contribution is 2.16. The van der Waals surface area contributed by atoms with Gasteiger partial charge in [0.15, 0.2) is 11.6 Å². The monoisotopic (exact) mass is 261 g/mol. The van der Waals surface area contributed by atoms with Crippen molar-refractivity contribution < 1.29 is 0 Å². The van der Waals surface area contributed by atoms with E-state index < -0.39 is 0 Å². The third-order valence-corrected chi connectivity index (χ3v) is 3.34. The molecule has 19 heavy (non-hydrogen) atoms. The summed E-state index contributed by atoms with van der Waals surface area (Å²) in [5.74, 6) is 1.74. The summed E-state index contributed by atoms with van der Waals surface area (Å²) in [6, 6.07) is 0. The van der Waals surface area contributed by atoms with Gasteiger partial charge in [-0.15, -0.1) is 0 Å². The smallest absolute Gasteiger partial charge is 0.171 e. The molecular weight excluding hydrogens is 238 g/mol. The van der Waals surface area contributed by atoms with Crippen LogP contribution in [0.4, 0.5) is 11.6 Å². The number of nitrogens with zero attached hydrogens (tertiary/aromatic N) is 4. The maximum atomic E-state index is 4.35. The number of hydrogen-bond donors (Lipinski definition) is 1. The lowest BCUT2D eigenvalue weighted by Crippen LogP contribution is -2.33. The van der Waals surface area contributed by atoms with Crippen LogP contribution in [0.25, 0.3) is 0 Å². The zero-order valence-electron chi connectivity index (χ0n) is 12.1. The summed E-state index contributed by atoms with van der Waals surface area (Å²) >= 11 is 0. The third kappa shape index (κ3) is 3.92. The molecular formula is C14H23N5. The predicted molar refractivity (Wildman–Crippen MR) is 79.7 cm³/mol. The number of rotatable bonds is 5. The van der Waals surface area contributed by atoms with Crippen molar-refractivity contribution in [1.82, 2.24) is 14.9 Å². The first-order chi connectivity index (χ1) is 9.16. The van der Waals surface area contributed by atoms with Gasteiger partial charge in [-0.25, -0.2) is 9.97 Å². The van der Waals surface area contributed by atoms with E-state index in [9.17, 15) is 0 Å². The molecule has 0 saturated heterocycles. The molecule has 0 fully saturated rings. The molecule has 0 aromatic carbocycles. The predicted octanol–water partition coefficient (Wildman–Crippen LogP) is 1.61. The summed E-state index contributed by atoms with van der Waals surface area (Å²) in [5.41, 5.74) is 1.51. The SMILES string of the molecule is CC1=CCN(CCNc2nccnc2N(C)C)CC1. The van der Waals surface area contributed by atoms with E-state index in [0.29, 0.717) is 0 Å². The maximum Gasteiger partial charge on any atom is 0.171 e. The molecule has 0 saturated carbocycles. The number of aromatic nitrogens is 2. The van der Waals surface area contributed by atoms with E-state index in [2.05, 4.69) is 33.2 Å². The lowest BCUT2D eigenvalue weighted by atomic mass is 10.1. The Morgan fingerprint density at radius 2 is 2.11 bits per heavy atom. The van der Waals surface area contributed by atoms with Gasteiger partial charge in [-0.05, 0) is 13.3 Å². The summed E-state index contributed by atoms with van der Waals surface area (Å²) in [6.07, 6.45) is 6.95. The third-order valence-electron chi connectivity index (χ3n) is 3.34. The zero-order valence-corrected chi connectivity index (χ0v) is 12.1. The van der Waals surface area contributed by atoms with Crippen LogP contribution in [0.3, 0.4) is 0 Å². The van der Waals surface area contributed by atoms with Gasteiger partial charge in [-0.3, -0.25) is 4.90 Å². The average Bonchev–Trinajstić information content (AvgIpc) is 2.41. The molecule has 0 atom stereocenters. The van der Waals surface area contributed by atoms with Crippen molar-refractivity contribution in [2.75, 3.05) is 50.5 Å². The molecule has 1 aromatic rings. The van der Waals surface area contributed by atoms with Crippen LogP contribution in [0.15, 0.2) is 24.0 Å². The second kappa shape index (κ2) is 6.52. The van der Waals surface area contributed by atoms with Crippen LogP contribution >= 0.6 is 0 Å². The Labute approximate surface area is 115 Å². The summed E-state index contributed by atoms with van der Waals surface area (Å²) in [5, 5.41) is 3.38. The topological polar surface area (TPSA) is 44.3 Å². The van der Waals surface area contributed by atoms with E-state index >= 15 is 0 Å². The summed E-state index contributed by atoms with van der Waals surface area (Å²) in [4.78, 5) is 13.1. The van der Waals surface area contributed by atoms with Crippen molar-refractivity contribution in [2.24, 2.45) is 0 Å². The van der Waals surface area contributed by atoms with Crippen molar-refractivity contribution >= 4 is 11.6 Å². The zero-order chi connectivity index (χ0) is 13.7. The van der Waals surface area contributed by atoms with E-state index in [-0.39, 0.29) is 0 Å². The van der Waals surface area contributed by atoms with E-state index in [0.717, 1.165) is 37.8 Å². The molecule has 1 aromatic heterocycles. The highest BCUT2D eigenvalue weighted by Gasteiger charge is 2.10. The number of anilines is 2. The second-order valence-electron chi connectivity index (χ2n) is 5.15. The van der Waals surface area contributed by atoms with Gasteiger partial charge in [0.1, 0.15) is 0 Å². The standard InChI is InChI=1S/C14H23N5/c1-12-4-9-19(10-5-12)11-8-16-13-14(18(2)3)17-7-6-15-13/h4,6-7H,5,8-11H2,1-3H3,(H,15,16). The molecule has 5 heteroatoms. The van der Waals surface area contributed by atoms with Gasteiger partial charge in [-0.1, -0.05) is 11.6 Å². The largest absolute Gasteiger partial charge is 0.366 e. The minimum atomic E-state index is 0.858. The van der Waals surface area contributed by atoms with Crippen molar-refractivity contribution in [3.63, 3.8) is 0 Å². The van der Waals surface area contributed by atoms with Gasteiger partial charge in [0.05, 0.1) is 0 Å². The van der Waals surface area contributed by atoms with E-state index in [4.69, 9.17) is 0 Å². The van der Waals surface area contributed by atoms with Crippen LogP contribution in [0, 0.1) is 0 Å². The summed E-state index contributed by atoms with van der Waals surface area (Å²) in [6.45, 7) is 6.36. The van der Waals surface area contributed by atoms with E-state index in [1.807, 2.05) is 19.0 Å². The van der Waals surface area contributed by atoms with Crippen LogP contribution in [-0.2, 0) is 0 Å². The maximum absolute atomic E-state index is 4.35. The van der Waals surface area contributed by atoms with Gasteiger partial charge in [0.25, 0.3) is 0 Å². The Kier molecular flexibility index (Phi) is 4.74. The lowest BCUT2D eigenvalue weighted by molar-refractivity contribution is 0.305. The molecule has 0 amide bonds. The van der Waals surface area contributed by atoms with Gasteiger partial charge < -0.3 is 10.2 Å².